The van der Waals surface area contributed by atoms with Gasteiger partial charge in [-0.15, -0.1) is 11.3 Å². The zero-order chi connectivity index (χ0) is 31.5. The fourth-order valence-electron chi connectivity index (χ4n) is 5.48. The number of imidazole rings is 1. The molecule has 232 valence electrons. The molecule has 7 rings (SSSR count). The van der Waals surface area contributed by atoms with Crippen molar-refractivity contribution in [2.24, 2.45) is 0 Å². The lowest BCUT2D eigenvalue weighted by atomic mass is 10.1. The van der Waals surface area contributed by atoms with E-state index in [1.165, 1.54) is 23.0 Å². The average molecular weight is 638 g/mol. The van der Waals surface area contributed by atoms with E-state index >= 15 is 0 Å². The molecule has 3 aromatic heterocycles. The van der Waals surface area contributed by atoms with Crippen molar-refractivity contribution < 1.29 is 18.3 Å². The van der Waals surface area contributed by atoms with Crippen LogP contribution in [0.25, 0.3) is 27.6 Å². The van der Waals surface area contributed by atoms with E-state index < -0.39 is 23.1 Å². The molecule has 1 amide bonds. The summed E-state index contributed by atoms with van der Waals surface area (Å²) >= 11 is 1.48. The third kappa shape index (κ3) is 6.36. The Hall–Kier alpha value is -5.04. The number of rotatable bonds is 9. The summed E-state index contributed by atoms with van der Waals surface area (Å²) in [7, 11) is 0. The Bertz CT molecular complexity index is 2000. The number of amides is 1. The van der Waals surface area contributed by atoms with Crippen LogP contribution < -0.4 is 10.6 Å². The molecule has 0 bridgehead atoms. The van der Waals surface area contributed by atoms with E-state index in [9.17, 15) is 13.6 Å². The summed E-state index contributed by atoms with van der Waals surface area (Å²) in [5.41, 5.74) is 4.55. The second kappa shape index (κ2) is 13.1. The predicted molar refractivity (Wildman–Crippen MR) is 175 cm³/mol. The van der Waals surface area contributed by atoms with Crippen LogP contribution >= 0.6 is 11.3 Å². The van der Waals surface area contributed by atoms with Crippen LogP contribution in [0, 0.1) is 11.6 Å². The standard InChI is InChI=1S/C34H29F2N7O2S/c35-26-8-3-9-27(36)29(26)32(44)38-25-7-2-5-23(21-25)30-31(43-16-19-46-34(43)41-30)28-10-12-37-33(40-28)39-24-6-1-4-22(20-24)11-13-42-14-17-45-18-15-42/h1-10,12,16,19-21H,11,13-15,17-18H2,(H,38,44)(H,37,39,40). The number of thiazole rings is 1. The quantitative estimate of drug-likeness (QED) is 0.183. The lowest BCUT2D eigenvalue weighted by Crippen LogP contribution is -2.37. The molecule has 1 fully saturated rings. The SMILES string of the molecule is O=C(Nc1cccc(-c2nc3sccn3c2-c2ccnc(Nc3cccc(CCN4CCOCC4)c3)n2)c1)c1c(F)cccc1F. The molecule has 0 atom stereocenters. The highest BCUT2D eigenvalue weighted by atomic mass is 32.1. The molecule has 0 unspecified atom stereocenters. The van der Waals surface area contributed by atoms with Crippen molar-refractivity contribution in [3.8, 4) is 22.6 Å². The lowest BCUT2D eigenvalue weighted by molar-refractivity contribution is 0.0384. The molecule has 0 saturated carbocycles. The van der Waals surface area contributed by atoms with Crippen molar-refractivity contribution in [1.29, 1.82) is 0 Å². The summed E-state index contributed by atoms with van der Waals surface area (Å²) in [4.78, 5) is 30.1. The van der Waals surface area contributed by atoms with Gasteiger partial charge >= 0.3 is 0 Å². The van der Waals surface area contributed by atoms with Crippen LogP contribution in [0.3, 0.4) is 0 Å². The van der Waals surface area contributed by atoms with Crippen molar-refractivity contribution >= 4 is 39.5 Å². The summed E-state index contributed by atoms with van der Waals surface area (Å²) in [6.45, 7) is 4.46. The number of nitrogens with one attached hydrogen (secondary N) is 2. The molecule has 1 aliphatic rings. The smallest absolute Gasteiger partial charge is 0.261 e. The number of aromatic nitrogens is 4. The molecule has 4 heterocycles. The highest BCUT2D eigenvalue weighted by Crippen LogP contribution is 2.35. The second-order valence-corrected chi connectivity index (χ2v) is 11.7. The number of carbonyl (C=O) groups is 1. The van der Waals surface area contributed by atoms with Crippen LogP contribution in [0.5, 0.6) is 0 Å². The first-order valence-corrected chi connectivity index (χ1v) is 15.7. The normalized spacial score (nSPS) is 13.6. The number of halogens is 2. The fourth-order valence-corrected chi connectivity index (χ4v) is 6.19. The molecule has 3 aromatic carbocycles. The van der Waals surface area contributed by atoms with Gasteiger partial charge < -0.3 is 15.4 Å². The first kappa shape index (κ1) is 29.7. The first-order valence-electron chi connectivity index (χ1n) is 14.8. The molecular formula is C34H29F2N7O2S. The van der Waals surface area contributed by atoms with Crippen LogP contribution in [0.4, 0.5) is 26.1 Å². The highest BCUT2D eigenvalue weighted by molar-refractivity contribution is 7.15. The molecule has 0 aliphatic carbocycles. The summed E-state index contributed by atoms with van der Waals surface area (Å²) < 4.78 is 35.9. The number of morpholine rings is 1. The van der Waals surface area contributed by atoms with Crippen molar-refractivity contribution in [3.05, 3.63) is 113 Å². The predicted octanol–water partition coefficient (Wildman–Crippen LogP) is 6.67. The Morgan fingerprint density at radius 1 is 0.935 bits per heavy atom. The summed E-state index contributed by atoms with van der Waals surface area (Å²) in [6.07, 6.45) is 4.55. The number of fused-ring (bicyclic) bond motifs is 1. The number of ether oxygens (including phenoxy) is 1. The number of anilines is 3. The third-order valence-electron chi connectivity index (χ3n) is 7.75. The van der Waals surface area contributed by atoms with Gasteiger partial charge in [-0.3, -0.25) is 14.1 Å². The summed E-state index contributed by atoms with van der Waals surface area (Å²) in [5, 5.41) is 7.90. The largest absolute Gasteiger partial charge is 0.379 e. The minimum Gasteiger partial charge on any atom is -0.379 e. The molecule has 0 spiro atoms. The molecule has 46 heavy (non-hydrogen) atoms. The Balaban J connectivity index is 1.15. The van der Waals surface area contributed by atoms with E-state index in [1.807, 2.05) is 40.2 Å². The van der Waals surface area contributed by atoms with Crippen molar-refractivity contribution in [3.63, 3.8) is 0 Å². The van der Waals surface area contributed by atoms with Gasteiger partial charge in [-0.2, -0.15) is 0 Å². The zero-order valence-electron chi connectivity index (χ0n) is 24.6. The van der Waals surface area contributed by atoms with Crippen LogP contribution in [0.15, 0.2) is 90.6 Å². The van der Waals surface area contributed by atoms with E-state index in [-0.39, 0.29) is 0 Å². The number of hydrogen-bond donors (Lipinski definition) is 2. The van der Waals surface area contributed by atoms with Gasteiger partial charge in [0, 0.05) is 54.3 Å². The van der Waals surface area contributed by atoms with Crippen LogP contribution in [-0.2, 0) is 11.2 Å². The van der Waals surface area contributed by atoms with Gasteiger partial charge in [0.05, 0.1) is 24.6 Å². The number of hydrogen-bond acceptors (Lipinski definition) is 8. The van der Waals surface area contributed by atoms with Crippen LogP contribution in [0.2, 0.25) is 0 Å². The molecule has 1 aliphatic heterocycles. The Morgan fingerprint density at radius 3 is 2.57 bits per heavy atom. The minimum absolute atomic E-state index is 0.367. The van der Waals surface area contributed by atoms with E-state index in [0.29, 0.717) is 28.6 Å². The van der Waals surface area contributed by atoms with Crippen molar-refractivity contribution in [1.82, 2.24) is 24.3 Å². The summed E-state index contributed by atoms with van der Waals surface area (Å²) in [6, 6.07) is 20.4. The summed E-state index contributed by atoms with van der Waals surface area (Å²) in [5.74, 6) is -2.31. The van der Waals surface area contributed by atoms with Gasteiger partial charge in [-0.25, -0.2) is 23.7 Å². The van der Waals surface area contributed by atoms with Crippen molar-refractivity contribution in [2.75, 3.05) is 43.5 Å². The van der Waals surface area contributed by atoms with E-state index in [2.05, 4.69) is 32.7 Å². The molecule has 1 saturated heterocycles. The maximum atomic E-state index is 14.2. The van der Waals surface area contributed by atoms with Gasteiger partial charge in [0.15, 0.2) is 4.96 Å². The molecular weight excluding hydrogens is 608 g/mol. The highest BCUT2D eigenvalue weighted by Gasteiger charge is 2.21. The van der Waals surface area contributed by atoms with Crippen LogP contribution in [-0.4, -0.2) is 63.0 Å². The van der Waals surface area contributed by atoms with E-state index in [0.717, 1.165) is 67.7 Å². The van der Waals surface area contributed by atoms with Gasteiger partial charge in [0.1, 0.15) is 22.9 Å². The number of benzene rings is 3. The van der Waals surface area contributed by atoms with Gasteiger partial charge in [0.25, 0.3) is 5.91 Å². The lowest BCUT2D eigenvalue weighted by Gasteiger charge is -2.26. The van der Waals surface area contributed by atoms with E-state index in [4.69, 9.17) is 14.7 Å². The first-order chi connectivity index (χ1) is 22.5. The third-order valence-corrected chi connectivity index (χ3v) is 8.50. The molecule has 0 radical (unpaired) electrons. The van der Waals surface area contributed by atoms with Gasteiger partial charge in [-0.1, -0.05) is 30.3 Å². The number of nitrogens with zero attached hydrogens (tertiary/aromatic N) is 5. The zero-order valence-corrected chi connectivity index (χ0v) is 25.4. The van der Waals surface area contributed by atoms with Gasteiger partial charge in [0.2, 0.25) is 5.95 Å². The molecule has 2 N–H and O–H groups in total. The minimum atomic E-state index is -0.932. The second-order valence-electron chi connectivity index (χ2n) is 10.8. The van der Waals surface area contributed by atoms with Gasteiger partial charge in [-0.05, 0) is 54.4 Å². The topological polar surface area (TPSA) is 96.7 Å². The average Bonchev–Trinajstić information content (AvgIpc) is 3.67. The molecule has 6 aromatic rings. The molecule has 12 heteroatoms. The van der Waals surface area contributed by atoms with E-state index in [1.54, 1.807) is 24.4 Å². The maximum Gasteiger partial charge on any atom is 0.261 e. The van der Waals surface area contributed by atoms with Crippen molar-refractivity contribution in [2.45, 2.75) is 6.42 Å². The number of carbonyl (C=O) groups excluding carboxylic acids is 1. The maximum absolute atomic E-state index is 14.2. The van der Waals surface area contributed by atoms with Crippen LogP contribution in [0.1, 0.15) is 15.9 Å². The Labute approximate surface area is 267 Å². The Morgan fingerprint density at radius 2 is 1.72 bits per heavy atom. The molecule has 9 nitrogen and oxygen atoms in total. The monoisotopic (exact) mass is 637 g/mol. The Kier molecular flexibility index (Phi) is 8.47. The fraction of sp³-hybridized carbons (Fsp3) is 0.176.